The minimum atomic E-state index is -0.407. The molecule has 1 aromatic carbocycles. The Labute approximate surface area is 170 Å². The van der Waals surface area contributed by atoms with E-state index in [0.29, 0.717) is 23.6 Å². The first-order valence-electron chi connectivity index (χ1n) is 9.42. The summed E-state index contributed by atoms with van der Waals surface area (Å²) in [5.74, 6) is 0.182. The lowest BCUT2D eigenvalue weighted by Gasteiger charge is -2.10. The monoisotopic (exact) mass is 409 g/mol. The van der Waals surface area contributed by atoms with Gasteiger partial charge < -0.3 is 5.32 Å². The van der Waals surface area contributed by atoms with Crippen molar-refractivity contribution in [2.45, 2.75) is 27.2 Å². The normalized spacial score (nSPS) is 11.4. The number of hydrogen-bond donors (Lipinski definition) is 2. The molecule has 4 rings (SSSR count). The molecular weight excluding hydrogens is 389 g/mol. The van der Waals surface area contributed by atoms with E-state index in [9.17, 15) is 14.0 Å². The highest BCUT2D eigenvalue weighted by molar-refractivity contribution is 5.90. The van der Waals surface area contributed by atoms with Gasteiger partial charge in [-0.2, -0.15) is 19.9 Å². The Balaban J connectivity index is 1.81. The van der Waals surface area contributed by atoms with Gasteiger partial charge >= 0.3 is 0 Å². The Kier molecular flexibility index (Phi) is 4.90. The maximum Gasteiger partial charge on any atom is 0.263 e. The fraction of sp³-hybridized carbons (Fsp3) is 0.250. The van der Waals surface area contributed by atoms with Crippen molar-refractivity contribution in [1.29, 1.82) is 0 Å². The van der Waals surface area contributed by atoms with Crippen LogP contribution >= 0.6 is 0 Å². The molecule has 0 saturated heterocycles. The molecule has 1 amide bonds. The Morgan fingerprint density at radius 1 is 1.23 bits per heavy atom. The van der Waals surface area contributed by atoms with Crippen LogP contribution in [0.2, 0.25) is 0 Å². The molecule has 0 aliphatic carbocycles. The van der Waals surface area contributed by atoms with Crippen molar-refractivity contribution in [3.63, 3.8) is 0 Å². The summed E-state index contributed by atoms with van der Waals surface area (Å²) in [6, 6.07) is 7.38. The summed E-state index contributed by atoms with van der Waals surface area (Å²) in [5.41, 5.74) is 1.08. The van der Waals surface area contributed by atoms with Gasteiger partial charge in [-0.25, -0.2) is 9.07 Å². The Morgan fingerprint density at radius 2 is 1.97 bits per heavy atom. The van der Waals surface area contributed by atoms with Gasteiger partial charge in [0.25, 0.3) is 5.56 Å². The van der Waals surface area contributed by atoms with E-state index in [1.165, 1.54) is 27.7 Å². The number of nitrogens with one attached hydrogen (secondary N) is 2. The highest BCUT2D eigenvalue weighted by Gasteiger charge is 2.17. The van der Waals surface area contributed by atoms with Crippen LogP contribution in [0.15, 0.2) is 41.3 Å². The van der Waals surface area contributed by atoms with Crippen molar-refractivity contribution < 1.29 is 9.18 Å². The Bertz CT molecular complexity index is 1280. The third kappa shape index (κ3) is 3.71. The predicted octanol–water partition coefficient (Wildman–Crippen LogP) is 2.73. The smallest absolute Gasteiger partial charge is 0.263 e. The Morgan fingerprint density at radius 3 is 2.67 bits per heavy atom. The van der Waals surface area contributed by atoms with E-state index in [4.69, 9.17) is 0 Å². The number of aromatic nitrogens is 6. The largest absolute Gasteiger partial charge is 0.310 e. The van der Waals surface area contributed by atoms with Gasteiger partial charge in [0.05, 0.1) is 17.6 Å². The molecule has 0 spiro atoms. The SMILES string of the molecule is Cc1cc(NC(=O)CC(C)C)n(-c2nc3c(cnn3-c3ccc(F)cc3)c(=O)[nH]2)n1. The zero-order valence-corrected chi connectivity index (χ0v) is 16.7. The molecule has 10 heteroatoms. The molecule has 9 nitrogen and oxygen atoms in total. The van der Waals surface area contributed by atoms with Crippen LogP contribution in [0.3, 0.4) is 0 Å². The molecule has 2 N–H and O–H groups in total. The predicted molar refractivity (Wildman–Crippen MR) is 109 cm³/mol. The number of hydrogen-bond acceptors (Lipinski definition) is 5. The quantitative estimate of drug-likeness (QED) is 0.527. The van der Waals surface area contributed by atoms with Crippen molar-refractivity contribution in [3.05, 3.63) is 58.4 Å². The molecule has 154 valence electrons. The second-order valence-corrected chi connectivity index (χ2v) is 7.39. The fourth-order valence-corrected chi connectivity index (χ4v) is 3.09. The van der Waals surface area contributed by atoms with Gasteiger partial charge in [-0.3, -0.25) is 14.6 Å². The summed E-state index contributed by atoms with van der Waals surface area (Å²) in [6.07, 6.45) is 1.75. The van der Waals surface area contributed by atoms with E-state index < -0.39 is 5.56 Å². The van der Waals surface area contributed by atoms with Crippen molar-refractivity contribution in [1.82, 2.24) is 29.5 Å². The third-order valence-corrected chi connectivity index (χ3v) is 4.39. The van der Waals surface area contributed by atoms with E-state index in [1.54, 1.807) is 25.1 Å². The lowest BCUT2D eigenvalue weighted by Crippen LogP contribution is -2.19. The standard InChI is InChI=1S/C20H20FN7O2/c1-11(2)8-17(29)23-16-9-12(3)26-28(16)20-24-18-15(19(30)25-20)10-22-27(18)14-6-4-13(21)5-7-14/h4-7,9-11H,8H2,1-3H3,(H,23,29)(H,24,25,30). The molecule has 0 saturated carbocycles. The van der Waals surface area contributed by atoms with Crippen LogP contribution in [0.1, 0.15) is 26.0 Å². The van der Waals surface area contributed by atoms with Crippen LogP contribution in [-0.2, 0) is 4.79 Å². The molecule has 4 aromatic rings. The van der Waals surface area contributed by atoms with Crippen molar-refractivity contribution in [2.75, 3.05) is 5.32 Å². The first kappa shape index (κ1) is 19.5. The van der Waals surface area contributed by atoms with Crippen LogP contribution in [0.25, 0.3) is 22.7 Å². The number of benzene rings is 1. The number of carbonyl (C=O) groups is 1. The van der Waals surface area contributed by atoms with E-state index in [2.05, 4.69) is 25.5 Å². The first-order chi connectivity index (χ1) is 14.3. The number of amides is 1. The number of carbonyl (C=O) groups excluding carboxylic acids is 1. The van der Waals surface area contributed by atoms with Crippen molar-refractivity contribution in [3.8, 4) is 11.6 Å². The molecule has 0 aliphatic heterocycles. The zero-order valence-electron chi connectivity index (χ0n) is 16.7. The third-order valence-electron chi connectivity index (χ3n) is 4.39. The maximum absolute atomic E-state index is 13.3. The molecule has 0 bridgehead atoms. The highest BCUT2D eigenvalue weighted by atomic mass is 19.1. The van der Waals surface area contributed by atoms with E-state index in [1.807, 2.05) is 13.8 Å². The van der Waals surface area contributed by atoms with Gasteiger partial charge in [0.1, 0.15) is 17.0 Å². The number of nitrogens with zero attached hydrogens (tertiary/aromatic N) is 5. The summed E-state index contributed by atoms with van der Waals surface area (Å²) < 4.78 is 16.1. The molecule has 0 aliphatic rings. The van der Waals surface area contributed by atoms with Crippen LogP contribution in [0.5, 0.6) is 0 Å². The number of aromatic amines is 1. The lowest BCUT2D eigenvalue weighted by molar-refractivity contribution is -0.116. The molecule has 0 fully saturated rings. The van der Waals surface area contributed by atoms with Gasteiger partial charge in [-0.1, -0.05) is 13.8 Å². The molecular formula is C20H20FN7O2. The summed E-state index contributed by atoms with van der Waals surface area (Å²) in [5, 5.41) is 11.6. The van der Waals surface area contributed by atoms with Crippen LogP contribution in [0.4, 0.5) is 10.2 Å². The van der Waals surface area contributed by atoms with Gasteiger partial charge in [-0.15, -0.1) is 0 Å². The van der Waals surface area contributed by atoms with E-state index in [0.717, 1.165) is 0 Å². The van der Waals surface area contributed by atoms with Crippen molar-refractivity contribution in [2.24, 2.45) is 5.92 Å². The second-order valence-electron chi connectivity index (χ2n) is 7.39. The molecule has 3 aromatic heterocycles. The molecule has 30 heavy (non-hydrogen) atoms. The summed E-state index contributed by atoms with van der Waals surface area (Å²) >= 11 is 0. The maximum atomic E-state index is 13.3. The average Bonchev–Trinajstić information content (AvgIpc) is 3.25. The number of fused-ring (bicyclic) bond motifs is 1. The lowest BCUT2D eigenvalue weighted by atomic mass is 10.1. The summed E-state index contributed by atoms with van der Waals surface area (Å²) in [4.78, 5) is 32.0. The second kappa shape index (κ2) is 7.54. The number of anilines is 1. The minimum Gasteiger partial charge on any atom is -0.310 e. The van der Waals surface area contributed by atoms with Gasteiger partial charge in [0.2, 0.25) is 11.9 Å². The number of rotatable bonds is 5. The summed E-state index contributed by atoms with van der Waals surface area (Å²) in [7, 11) is 0. The summed E-state index contributed by atoms with van der Waals surface area (Å²) in [6.45, 7) is 5.67. The molecule has 0 unspecified atom stereocenters. The van der Waals surface area contributed by atoms with Crippen molar-refractivity contribution >= 4 is 22.8 Å². The van der Waals surface area contributed by atoms with E-state index in [-0.39, 0.29) is 34.6 Å². The minimum absolute atomic E-state index is 0.129. The van der Waals surface area contributed by atoms with Crippen LogP contribution in [-0.4, -0.2) is 35.4 Å². The zero-order chi connectivity index (χ0) is 21.4. The fourth-order valence-electron chi connectivity index (χ4n) is 3.09. The molecule has 3 heterocycles. The van der Waals surface area contributed by atoms with E-state index >= 15 is 0 Å². The Hall–Kier alpha value is -3.82. The van der Waals surface area contributed by atoms with Gasteiger partial charge in [-0.05, 0) is 37.1 Å². The topological polar surface area (TPSA) is 110 Å². The molecule has 0 atom stereocenters. The van der Waals surface area contributed by atoms with Crippen LogP contribution < -0.4 is 10.9 Å². The van der Waals surface area contributed by atoms with Gasteiger partial charge in [0, 0.05) is 12.5 Å². The highest BCUT2D eigenvalue weighted by Crippen LogP contribution is 2.18. The van der Waals surface area contributed by atoms with Gasteiger partial charge in [0.15, 0.2) is 5.65 Å². The average molecular weight is 409 g/mol. The number of halogens is 1. The number of aryl methyl sites for hydroxylation is 1. The molecule has 0 radical (unpaired) electrons. The first-order valence-corrected chi connectivity index (χ1v) is 9.42. The number of H-pyrrole nitrogens is 1. The van der Waals surface area contributed by atoms with Crippen LogP contribution in [0, 0.1) is 18.7 Å².